The van der Waals surface area contributed by atoms with Crippen molar-refractivity contribution >= 4 is 41.3 Å². The quantitative estimate of drug-likeness (QED) is 0.397. The van der Waals surface area contributed by atoms with Crippen molar-refractivity contribution in [2.45, 2.75) is 51.6 Å². The van der Waals surface area contributed by atoms with Crippen LogP contribution in [0, 0.1) is 0 Å². The number of rotatable bonds is 5. The smallest absolute Gasteiger partial charge is 0.191 e. The lowest BCUT2D eigenvalue weighted by Gasteiger charge is -2.15. The summed E-state index contributed by atoms with van der Waals surface area (Å²) in [4.78, 5) is 5.70. The summed E-state index contributed by atoms with van der Waals surface area (Å²) < 4.78 is 2.27. The van der Waals surface area contributed by atoms with Crippen molar-refractivity contribution in [1.29, 1.82) is 0 Å². The van der Waals surface area contributed by atoms with E-state index in [0.29, 0.717) is 12.5 Å². The van der Waals surface area contributed by atoms with Crippen LogP contribution in [0.3, 0.4) is 0 Å². The van der Waals surface area contributed by atoms with E-state index in [1.165, 1.54) is 24.1 Å². The molecule has 0 saturated heterocycles. The molecule has 0 radical (unpaired) electrons. The number of thiophene rings is 1. The Morgan fingerprint density at radius 1 is 1.32 bits per heavy atom. The summed E-state index contributed by atoms with van der Waals surface area (Å²) in [5.74, 6) is 3.40. The van der Waals surface area contributed by atoms with E-state index in [-0.39, 0.29) is 24.0 Å². The van der Waals surface area contributed by atoms with E-state index in [9.17, 15) is 0 Å². The summed E-state index contributed by atoms with van der Waals surface area (Å²) in [6.45, 7) is 4.77. The normalized spacial score (nSPS) is 15.7. The van der Waals surface area contributed by atoms with Gasteiger partial charge in [0, 0.05) is 37.4 Å². The fourth-order valence-corrected chi connectivity index (χ4v) is 3.77. The summed E-state index contributed by atoms with van der Waals surface area (Å²) in [6.07, 6.45) is 4.75. The highest BCUT2D eigenvalue weighted by Crippen LogP contribution is 2.19. The number of aryl methyl sites for hydroxylation is 1. The van der Waals surface area contributed by atoms with Gasteiger partial charge in [-0.1, -0.05) is 19.4 Å². The van der Waals surface area contributed by atoms with Crippen molar-refractivity contribution < 1.29 is 0 Å². The Morgan fingerprint density at radius 2 is 2.20 bits per heavy atom. The molecule has 1 aliphatic rings. The topological polar surface area (TPSA) is 67.1 Å². The minimum absolute atomic E-state index is 0. The van der Waals surface area contributed by atoms with Gasteiger partial charge in [0.05, 0.1) is 6.54 Å². The molecule has 0 aromatic carbocycles. The van der Waals surface area contributed by atoms with Gasteiger partial charge >= 0.3 is 0 Å². The molecule has 138 valence electrons. The van der Waals surface area contributed by atoms with E-state index < -0.39 is 0 Å². The second-order valence-corrected chi connectivity index (χ2v) is 7.20. The van der Waals surface area contributed by atoms with Crippen LogP contribution in [0.4, 0.5) is 0 Å². The Bertz CT molecular complexity index is 667. The maximum Gasteiger partial charge on any atom is 0.191 e. The van der Waals surface area contributed by atoms with Crippen LogP contribution < -0.4 is 10.6 Å². The maximum atomic E-state index is 4.35. The first kappa shape index (κ1) is 20.2. The number of halogens is 1. The molecule has 6 nitrogen and oxygen atoms in total. The Morgan fingerprint density at radius 3 is 2.96 bits per heavy atom. The third-order valence-electron chi connectivity index (χ3n) is 4.43. The van der Waals surface area contributed by atoms with Crippen molar-refractivity contribution in [2.75, 3.05) is 13.6 Å². The number of guanidine groups is 1. The molecule has 2 aromatic heterocycles. The molecule has 0 spiro atoms. The molecule has 3 heterocycles. The molecular weight excluding hydrogens is 447 g/mol. The molecule has 2 N–H and O–H groups in total. The summed E-state index contributed by atoms with van der Waals surface area (Å²) >= 11 is 1.80. The molecule has 0 aliphatic carbocycles. The number of aromatic nitrogens is 3. The van der Waals surface area contributed by atoms with Gasteiger partial charge < -0.3 is 15.2 Å². The summed E-state index contributed by atoms with van der Waals surface area (Å²) in [5.41, 5.74) is 0. The van der Waals surface area contributed by atoms with Crippen molar-refractivity contribution in [2.24, 2.45) is 4.99 Å². The molecular formula is C17H27IN6S. The molecule has 3 rings (SSSR count). The molecule has 1 aliphatic heterocycles. The Labute approximate surface area is 170 Å². The van der Waals surface area contributed by atoms with Crippen LogP contribution in [0.1, 0.15) is 48.6 Å². The van der Waals surface area contributed by atoms with Crippen molar-refractivity contribution in [1.82, 2.24) is 25.4 Å². The standard InChI is InChI=1S/C17H26N6S.HI/c1-13(14-7-6-10-24-14)11-19-17(18-2)20-12-16-22-21-15-8-4-3-5-9-23(15)16;/h6-7,10,13H,3-5,8-9,11-12H2,1-2H3,(H2,18,19,20);1H. The highest BCUT2D eigenvalue weighted by atomic mass is 127. The summed E-state index contributed by atoms with van der Waals surface area (Å²) in [5, 5.41) is 17.6. The first-order valence-corrected chi connectivity index (χ1v) is 9.54. The summed E-state index contributed by atoms with van der Waals surface area (Å²) in [6, 6.07) is 4.28. The second-order valence-electron chi connectivity index (χ2n) is 6.22. The molecule has 0 fully saturated rings. The minimum atomic E-state index is 0. The lowest BCUT2D eigenvalue weighted by atomic mass is 10.1. The van der Waals surface area contributed by atoms with Gasteiger partial charge in [-0.05, 0) is 24.3 Å². The van der Waals surface area contributed by atoms with Gasteiger partial charge in [-0.3, -0.25) is 4.99 Å². The van der Waals surface area contributed by atoms with Gasteiger partial charge in [0.1, 0.15) is 5.82 Å². The third-order valence-corrected chi connectivity index (χ3v) is 5.53. The second kappa shape index (κ2) is 10.1. The minimum Gasteiger partial charge on any atom is -0.356 e. The molecule has 0 saturated carbocycles. The number of hydrogen-bond acceptors (Lipinski definition) is 4. The Hall–Kier alpha value is -1.16. The zero-order chi connectivity index (χ0) is 16.8. The fourth-order valence-electron chi connectivity index (χ4n) is 2.98. The van der Waals surface area contributed by atoms with Crippen LogP contribution in [0.5, 0.6) is 0 Å². The number of nitrogens with zero attached hydrogens (tertiary/aromatic N) is 4. The molecule has 8 heteroatoms. The molecule has 0 amide bonds. The van der Waals surface area contributed by atoms with E-state index >= 15 is 0 Å². The lowest BCUT2D eigenvalue weighted by molar-refractivity contribution is 0.595. The lowest BCUT2D eigenvalue weighted by Crippen LogP contribution is -2.39. The Kier molecular flexibility index (Phi) is 8.14. The van der Waals surface area contributed by atoms with E-state index in [2.05, 4.69) is 54.8 Å². The monoisotopic (exact) mass is 474 g/mol. The van der Waals surface area contributed by atoms with E-state index in [0.717, 1.165) is 37.1 Å². The van der Waals surface area contributed by atoms with Gasteiger partial charge in [0.15, 0.2) is 11.8 Å². The highest BCUT2D eigenvalue weighted by molar-refractivity contribution is 14.0. The van der Waals surface area contributed by atoms with Crippen molar-refractivity contribution in [3.8, 4) is 0 Å². The fraction of sp³-hybridized carbons (Fsp3) is 0.588. The van der Waals surface area contributed by atoms with Gasteiger partial charge in [0.2, 0.25) is 0 Å². The van der Waals surface area contributed by atoms with E-state index in [1.54, 1.807) is 18.4 Å². The molecule has 1 atom stereocenters. The van der Waals surface area contributed by atoms with Crippen LogP contribution >= 0.6 is 35.3 Å². The molecule has 1 unspecified atom stereocenters. The summed E-state index contributed by atoms with van der Waals surface area (Å²) in [7, 11) is 1.80. The van der Waals surface area contributed by atoms with Gasteiger partial charge in [-0.15, -0.1) is 45.5 Å². The maximum absolute atomic E-state index is 4.35. The molecule has 0 bridgehead atoms. The van der Waals surface area contributed by atoms with Gasteiger partial charge in [-0.25, -0.2) is 0 Å². The predicted octanol–water partition coefficient (Wildman–Crippen LogP) is 3.15. The first-order chi connectivity index (χ1) is 11.8. The molecule has 2 aromatic rings. The average Bonchev–Trinajstić information content (AvgIpc) is 3.20. The predicted molar refractivity (Wildman–Crippen MR) is 114 cm³/mol. The number of nitrogens with one attached hydrogen (secondary N) is 2. The van der Waals surface area contributed by atoms with E-state index in [1.807, 2.05) is 0 Å². The largest absolute Gasteiger partial charge is 0.356 e. The average molecular weight is 474 g/mol. The zero-order valence-electron chi connectivity index (χ0n) is 14.9. The first-order valence-electron chi connectivity index (χ1n) is 8.67. The van der Waals surface area contributed by atoms with Crippen LogP contribution in [0.25, 0.3) is 0 Å². The third kappa shape index (κ3) is 5.40. The van der Waals surface area contributed by atoms with Crippen LogP contribution in [0.15, 0.2) is 22.5 Å². The van der Waals surface area contributed by atoms with Crippen molar-refractivity contribution in [3.05, 3.63) is 34.0 Å². The van der Waals surface area contributed by atoms with Crippen LogP contribution in [-0.4, -0.2) is 34.3 Å². The Balaban J connectivity index is 0.00000225. The SMILES string of the molecule is CN=C(NCc1nnc2n1CCCCC2)NCC(C)c1cccs1.I. The number of hydrogen-bond donors (Lipinski definition) is 2. The molecule has 25 heavy (non-hydrogen) atoms. The van der Waals surface area contributed by atoms with Crippen LogP contribution in [0.2, 0.25) is 0 Å². The van der Waals surface area contributed by atoms with Crippen molar-refractivity contribution in [3.63, 3.8) is 0 Å². The van der Waals surface area contributed by atoms with Crippen LogP contribution in [-0.2, 0) is 19.5 Å². The zero-order valence-corrected chi connectivity index (χ0v) is 18.0. The van der Waals surface area contributed by atoms with E-state index in [4.69, 9.17) is 0 Å². The number of fused-ring (bicyclic) bond motifs is 1. The highest BCUT2D eigenvalue weighted by Gasteiger charge is 2.15. The number of aliphatic imine (C=N–C) groups is 1. The van der Waals surface area contributed by atoms with Gasteiger partial charge in [0.25, 0.3) is 0 Å². The van der Waals surface area contributed by atoms with Gasteiger partial charge in [-0.2, -0.15) is 0 Å².